The zero-order valence-electron chi connectivity index (χ0n) is 6.61. The van der Waals surface area contributed by atoms with Crippen molar-refractivity contribution in [2.75, 3.05) is 7.11 Å². The van der Waals surface area contributed by atoms with Gasteiger partial charge in [0.15, 0.2) is 0 Å². The van der Waals surface area contributed by atoms with Crippen molar-refractivity contribution in [3.63, 3.8) is 0 Å². The molecule has 0 aromatic carbocycles. The van der Waals surface area contributed by atoms with E-state index in [4.69, 9.17) is 4.74 Å². The molecule has 1 rings (SSSR count). The van der Waals surface area contributed by atoms with E-state index in [0.717, 1.165) is 5.46 Å². The molecule has 0 aliphatic carbocycles. The molecular formula is C7H10BNO2. The maximum Gasteiger partial charge on any atom is 0.325 e. The number of hydrogen-bond donors (Lipinski definition) is 1. The van der Waals surface area contributed by atoms with Crippen molar-refractivity contribution >= 4 is 12.4 Å². The minimum Gasteiger partial charge on any atom is -0.481 e. The molecule has 0 bridgehead atoms. The summed E-state index contributed by atoms with van der Waals surface area (Å²) in [5, 5.41) is 9.22. The van der Waals surface area contributed by atoms with Crippen molar-refractivity contribution in [1.82, 2.24) is 4.98 Å². The van der Waals surface area contributed by atoms with Crippen molar-refractivity contribution < 1.29 is 9.76 Å². The maximum absolute atomic E-state index is 9.22. The van der Waals surface area contributed by atoms with Crippen LogP contribution >= 0.6 is 0 Å². The zero-order valence-corrected chi connectivity index (χ0v) is 6.61. The average molecular weight is 151 g/mol. The molecule has 4 heteroatoms. The Morgan fingerprint density at radius 3 is 2.82 bits per heavy atom. The predicted octanol–water partition coefficient (Wildman–Crippen LogP) is -0.0892. The van der Waals surface area contributed by atoms with Crippen molar-refractivity contribution in [3.8, 4) is 5.88 Å². The van der Waals surface area contributed by atoms with Crippen molar-refractivity contribution in [2.45, 2.75) is 6.82 Å². The molecule has 3 nitrogen and oxygen atoms in total. The van der Waals surface area contributed by atoms with Gasteiger partial charge in [0.05, 0.1) is 7.11 Å². The Balaban J connectivity index is 3.02. The lowest BCUT2D eigenvalue weighted by Gasteiger charge is -2.05. The first kappa shape index (κ1) is 8.08. The highest BCUT2D eigenvalue weighted by Gasteiger charge is 2.12. The second kappa shape index (κ2) is 3.39. The normalized spacial score (nSPS) is 9.36. The summed E-state index contributed by atoms with van der Waals surface area (Å²) in [6, 6.07) is 3.56. The van der Waals surface area contributed by atoms with Crippen LogP contribution in [0.3, 0.4) is 0 Å². The number of pyridine rings is 1. The number of ether oxygens (including phenoxy) is 1. The van der Waals surface area contributed by atoms with Gasteiger partial charge in [-0.3, -0.25) is 0 Å². The Bertz CT molecular complexity index is 240. The second-order valence-corrected chi connectivity index (χ2v) is 2.28. The monoisotopic (exact) mass is 151 g/mol. The van der Waals surface area contributed by atoms with E-state index >= 15 is 0 Å². The number of nitrogens with zero attached hydrogens (tertiary/aromatic N) is 1. The molecule has 0 amide bonds. The predicted molar refractivity (Wildman–Crippen MR) is 44.3 cm³/mol. The fraction of sp³-hybridized carbons (Fsp3) is 0.286. The minimum absolute atomic E-state index is 0.488. The Kier molecular flexibility index (Phi) is 2.49. The van der Waals surface area contributed by atoms with E-state index in [2.05, 4.69) is 4.98 Å². The summed E-state index contributed by atoms with van der Waals surface area (Å²) in [6.45, 7) is 1.15. The molecule has 0 atom stereocenters. The Morgan fingerprint density at radius 1 is 1.64 bits per heavy atom. The number of rotatable bonds is 2. The number of hydrogen-bond acceptors (Lipinski definition) is 3. The van der Waals surface area contributed by atoms with Crippen LogP contribution < -0.4 is 10.2 Å². The molecule has 0 saturated carbocycles. The smallest absolute Gasteiger partial charge is 0.325 e. The van der Waals surface area contributed by atoms with E-state index in [1.807, 2.05) is 0 Å². The van der Waals surface area contributed by atoms with Crippen LogP contribution in [0.5, 0.6) is 5.88 Å². The lowest BCUT2D eigenvalue weighted by molar-refractivity contribution is 0.400. The highest BCUT2D eigenvalue weighted by atomic mass is 16.5. The van der Waals surface area contributed by atoms with Gasteiger partial charge in [-0.25, -0.2) is 4.98 Å². The molecular weight excluding hydrogens is 141 g/mol. The molecule has 0 spiro atoms. The molecule has 0 aliphatic heterocycles. The van der Waals surface area contributed by atoms with Gasteiger partial charge < -0.3 is 9.76 Å². The van der Waals surface area contributed by atoms with Gasteiger partial charge in [0, 0.05) is 11.7 Å². The van der Waals surface area contributed by atoms with Crippen LogP contribution in [0.15, 0.2) is 18.3 Å². The molecule has 0 aliphatic rings. The van der Waals surface area contributed by atoms with Crippen LogP contribution in [0.2, 0.25) is 6.82 Å². The molecule has 0 radical (unpaired) electrons. The summed E-state index contributed by atoms with van der Waals surface area (Å²) in [6.07, 6.45) is 1.63. The zero-order chi connectivity index (χ0) is 8.27. The van der Waals surface area contributed by atoms with Crippen LogP contribution in [0.1, 0.15) is 0 Å². The van der Waals surface area contributed by atoms with Gasteiger partial charge in [0.25, 0.3) is 0 Å². The standard InChI is InChI=1S/C7H10BNO2/c1-8(10)6-4-3-5-9-7(6)11-2/h3-5,10H,1-2H3. The van der Waals surface area contributed by atoms with E-state index in [-0.39, 0.29) is 0 Å². The third-order valence-corrected chi connectivity index (χ3v) is 1.44. The van der Waals surface area contributed by atoms with Crippen LogP contribution in [-0.2, 0) is 0 Å². The van der Waals surface area contributed by atoms with Gasteiger partial charge in [-0.1, -0.05) is 12.9 Å². The summed E-state index contributed by atoms with van der Waals surface area (Å²) >= 11 is 0. The first-order chi connectivity index (χ1) is 5.25. The lowest BCUT2D eigenvalue weighted by Crippen LogP contribution is -2.28. The van der Waals surface area contributed by atoms with Crippen LogP contribution in [-0.4, -0.2) is 24.0 Å². The summed E-state index contributed by atoms with van der Waals surface area (Å²) < 4.78 is 4.94. The van der Waals surface area contributed by atoms with Crippen LogP contribution in [0.25, 0.3) is 0 Å². The highest BCUT2D eigenvalue weighted by molar-refractivity contribution is 6.65. The minimum atomic E-state index is -0.529. The van der Waals surface area contributed by atoms with E-state index in [1.165, 1.54) is 7.11 Å². The molecule has 1 aromatic heterocycles. The first-order valence-electron chi connectivity index (χ1n) is 3.42. The summed E-state index contributed by atoms with van der Waals surface area (Å²) in [5.74, 6) is 0.488. The Morgan fingerprint density at radius 2 is 2.36 bits per heavy atom. The summed E-state index contributed by atoms with van der Waals surface area (Å²) in [7, 11) is 1.54. The lowest BCUT2D eigenvalue weighted by atomic mass is 9.65. The van der Waals surface area contributed by atoms with Gasteiger partial charge in [0.2, 0.25) is 5.88 Å². The second-order valence-electron chi connectivity index (χ2n) is 2.28. The Hall–Kier alpha value is -1.03. The third kappa shape index (κ3) is 1.71. The summed E-state index contributed by atoms with van der Waals surface area (Å²) in [4.78, 5) is 3.94. The molecule has 1 aromatic rings. The van der Waals surface area contributed by atoms with E-state index in [1.54, 1.807) is 25.2 Å². The highest BCUT2D eigenvalue weighted by Crippen LogP contribution is 2.00. The van der Waals surface area contributed by atoms with Gasteiger partial charge in [0.1, 0.15) is 0 Å². The molecule has 1 heterocycles. The van der Waals surface area contributed by atoms with Crippen molar-refractivity contribution in [1.29, 1.82) is 0 Å². The largest absolute Gasteiger partial charge is 0.481 e. The molecule has 11 heavy (non-hydrogen) atoms. The van der Waals surface area contributed by atoms with Crippen molar-refractivity contribution in [2.24, 2.45) is 0 Å². The average Bonchev–Trinajstić information content (AvgIpc) is 2.04. The number of methoxy groups -OCH3 is 1. The fourth-order valence-electron chi connectivity index (χ4n) is 0.892. The quantitative estimate of drug-likeness (QED) is 0.600. The van der Waals surface area contributed by atoms with E-state index < -0.39 is 6.92 Å². The van der Waals surface area contributed by atoms with E-state index in [0.29, 0.717) is 5.88 Å². The van der Waals surface area contributed by atoms with Gasteiger partial charge in [-0.05, 0) is 6.07 Å². The molecule has 58 valence electrons. The molecule has 0 fully saturated rings. The van der Waals surface area contributed by atoms with Crippen LogP contribution in [0, 0.1) is 0 Å². The SMILES string of the molecule is COc1ncccc1B(C)O. The molecule has 1 N–H and O–H groups in total. The molecule has 0 unspecified atom stereocenters. The molecule has 0 saturated heterocycles. The topological polar surface area (TPSA) is 42.4 Å². The van der Waals surface area contributed by atoms with Crippen LogP contribution in [0.4, 0.5) is 0 Å². The number of aromatic nitrogens is 1. The van der Waals surface area contributed by atoms with Crippen molar-refractivity contribution in [3.05, 3.63) is 18.3 Å². The fourth-order valence-corrected chi connectivity index (χ4v) is 0.892. The first-order valence-corrected chi connectivity index (χ1v) is 3.42. The summed E-state index contributed by atoms with van der Waals surface area (Å²) in [5.41, 5.74) is 0.718. The van der Waals surface area contributed by atoms with E-state index in [9.17, 15) is 5.02 Å². The van der Waals surface area contributed by atoms with Gasteiger partial charge in [-0.15, -0.1) is 0 Å². The third-order valence-electron chi connectivity index (χ3n) is 1.44. The Labute approximate surface area is 66.1 Å². The van der Waals surface area contributed by atoms with Gasteiger partial charge in [-0.2, -0.15) is 0 Å². The maximum atomic E-state index is 9.22. The van der Waals surface area contributed by atoms with Gasteiger partial charge >= 0.3 is 6.92 Å².